The molecule has 0 aliphatic carbocycles. The Morgan fingerprint density at radius 3 is 2.40 bits per heavy atom. The van der Waals surface area contributed by atoms with E-state index < -0.39 is 0 Å². The van der Waals surface area contributed by atoms with Crippen LogP contribution >= 0.6 is 0 Å². The van der Waals surface area contributed by atoms with Gasteiger partial charge < -0.3 is 14.2 Å². The summed E-state index contributed by atoms with van der Waals surface area (Å²) in [7, 11) is 2.17. The summed E-state index contributed by atoms with van der Waals surface area (Å²) in [5, 5.41) is 7.72. The monoisotopic (exact) mass is 467 g/mol. The van der Waals surface area contributed by atoms with Gasteiger partial charge in [0.05, 0.1) is 17.4 Å². The molecule has 0 radical (unpaired) electrons. The smallest absolute Gasteiger partial charge is 0.200 e. The predicted octanol–water partition coefficient (Wildman–Crippen LogP) is 4.88. The zero-order chi connectivity index (χ0) is 24.2. The molecule has 1 N–H and O–H groups in total. The molecule has 5 heterocycles. The fourth-order valence-corrected chi connectivity index (χ4v) is 4.51. The highest BCUT2D eigenvalue weighted by atomic mass is 16.3. The Morgan fingerprint density at radius 1 is 0.886 bits per heavy atom. The van der Waals surface area contributed by atoms with E-state index in [0.717, 1.165) is 65.2 Å². The van der Waals surface area contributed by atoms with Gasteiger partial charge in [0.15, 0.2) is 5.58 Å². The first-order valence-corrected chi connectivity index (χ1v) is 12.0. The van der Waals surface area contributed by atoms with Crippen molar-refractivity contribution >= 4 is 27.8 Å². The molecule has 8 heteroatoms. The molecule has 1 aliphatic rings. The predicted molar refractivity (Wildman–Crippen MR) is 139 cm³/mol. The Labute approximate surface area is 204 Å². The Morgan fingerprint density at radius 2 is 1.66 bits per heavy atom. The van der Waals surface area contributed by atoms with E-state index in [1.54, 1.807) is 12.4 Å². The van der Waals surface area contributed by atoms with E-state index in [0.29, 0.717) is 11.5 Å². The molecule has 0 bridgehead atoms. The van der Waals surface area contributed by atoms with Crippen LogP contribution in [0.1, 0.15) is 26.7 Å². The van der Waals surface area contributed by atoms with Crippen molar-refractivity contribution in [3.05, 3.63) is 54.7 Å². The molecule has 8 nitrogen and oxygen atoms in total. The van der Waals surface area contributed by atoms with Gasteiger partial charge in [-0.15, -0.1) is 0 Å². The summed E-state index contributed by atoms with van der Waals surface area (Å²) >= 11 is 0. The molecular weight excluding hydrogens is 438 g/mol. The van der Waals surface area contributed by atoms with Crippen molar-refractivity contribution < 1.29 is 4.42 Å². The van der Waals surface area contributed by atoms with Gasteiger partial charge in [0.25, 0.3) is 0 Å². The Balaban J connectivity index is 1.37. The summed E-state index contributed by atoms with van der Waals surface area (Å²) in [5.41, 5.74) is 7.72. The van der Waals surface area contributed by atoms with Crippen molar-refractivity contribution in [2.24, 2.45) is 0 Å². The van der Waals surface area contributed by atoms with E-state index in [2.05, 4.69) is 77.1 Å². The lowest BCUT2D eigenvalue weighted by Crippen LogP contribution is -2.44. The molecule has 178 valence electrons. The molecular formula is C27H29N7O. The molecule has 0 spiro atoms. The summed E-state index contributed by atoms with van der Waals surface area (Å²) < 4.78 is 6.00. The van der Waals surface area contributed by atoms with Crippen LogP contribution in [0.15, 0.2) is 53.2 Å². The van der Waals surface area contributed by atoms with Gasteiger partial charge in [0.1, 0.15) is 16.7 Å². The standard InChI is InChI=1S/C27H29N7O/c1-27(2,3)26-30-24-19(15-28-16-22(24)35-26)20-9-10-21-25(29-20)23(32-31-21)17-5-7-18(8-6-17)34-13-11-33(4)12-14-34/h5-10,15-16H,11-14H2,1-4H3,(H,31,32). The summed E-state index contributed by atoms with van der Waals surface area (Å²) in [6.45, 7) is 10.5. The van der Waals surface area contributed by atoms with E-state index in [-0.39, 0.29) is 5.41 Å². The van der Waals surface area contributed by atoms with Crippen LogP contribution in [0.3, 0.4) is 0 Å². The maximum absolute atomic E-state index is 6.00. The van der Waals surface area contributed by atoms with E-state index in [9.17, 15) is 0 Å². The average molecular weight is 468 g/mol. The van der Waals surface area contributed by atoms with Gasteiger partial charge in [-0.25, -0.2) is 9.97 Å². The van der Waals surface area contributed by atoms with E-state index in [4.69, 9.17) is 14.4 Å². The third kappa shape index (κ3) is 3.93. The van der Waals surface area contributed by atoms with Gasteiger partial charge in [-0.05, 0) is 31.3 Å². The lowest BCUT2D eigenvalue weighted by atomic mass is 9.97. The molecule has 6 rings (SSSR count). The molecule has 1 saturated heterocycles. The number of H-pyrrole nitrogens is 1. The highest BCUT2D eigenvalue weighted by molar-refractivity contribution is 5.94. The molecule has 0 atom stereocenters. The number of benzene rings is 1. The minimum absolute atomic E-state index is 0.193. The maximum Gasteiger partial charge on any atom is 0.200 e. The Kier molecular flexibility index (Phi) is 5.07. The molecule has 0 amide bonds. The number of nitrogens with one attached hydrogen (secondary N) is 1. The lowest BCUT2D eigenvalue weighted by Gasteiger charge is -2.34. The summed E-state index contributed by atoms with van der Waals surface area (Å²) in [6.07, 6.45) is 3.51. The third-order valence-corrected chi connectivity index (χ3v) is 6.64. The van der Waals surface area contributed by atoms with Crippen molar-refractivity contribution in [1.29, 1.82) is 0 Å². The lowest BCUT2D eigenvalue weighted by molar-refractivity contribution is 0.313. The van der Waals surface area contributed by atoms with Crippen LogP contribution in [-0.2, 0) is 5.41 Å². The quantitative estimate of drug-likeness (QED) is 0.405. The van der Waals surface area contributed by atoms with Crippen LogP contribution in [-0.4, -0.2) is 63.3 Å². The van der Waals surface area contributed by atoms with Crippen LogP contribution in [0.5, 0.6) is 0 Å². The second-order valence-corrected chi connectivity index (χ2v) is 10.3. The topological polar surface area (TPSA) is 87.0 Å². The normalized spacial score (nSPS) is 15.4. The second-order valence-electron chi connectivity index (χ2n) is 10.3. The highest BCUT2D eigenvalue weighted by Crippen LogP contribution is 2.33. The maximum atomic E-state index is 6.00. The number of aromatic amines is 1. The minimum atomic E-state index is -0.193. The molecule has 1 fully saturated rings. The van der Waals surface area contributed by atoms with Gasteiger partial charge in [-0.1, -0.05) is 32.9 Å². The largest absolute Gasteiger partial charge is 0.438 e. The van der Waals surface area contributed by atoms with Crippen molar-refractivity contribution in [2.75, 3.05) is 38.1 Å². The average Bonchev–Trinajstić information content (AvgIpc) is 3.49. The first-order chi connectivity index (χ1) is 16.9. The first-order valence-electron chi connectivity index (χ1n) is 12.0. The molecule has 1 aromatic carbocycles. The molecule has 0 unspecified atom stereocenters. The Bertz CT molecular complexity index is 1500. The van der Waals surface area contributed by atoms with Crippen LogP contribution in [0, 0.1) is 0 Å². The van der Waals surface area contributed by atoms with Crippen molar-refractivity contribution in [3.63, 3.8) is 0 Å². The zero-order valence-electron chi connectivity index (χ0n) is 20.5. The van der Waals surface area contributed by atoms with Gasteiger partial charge in [0, 0.05) is 54.6 Å². The van der Waals surface area contributed by atoms with Gasteiger partial charge in [-0.2, -0.15) is 5.10 Å². The molecule has 35 heavy (non-hydrogen) atoms. The summed E-state index contributed by atoms with van der Waals surface area (Å²) in [6, 6.07) is 12.6. The number of oxazole rings is 1. The van der Waals surface area contributed by atoms with E-state index >= 15 is 0 Å². The SMILES string of the molecule is CN1CCN(c2ccc(-c3n[nH]c4ccc(-c5cncc6oc(C(C)(C)C)nc56)nc34)cc2)CC1. The number of nitrogens with zero attached hydrogens (tertiary/aromatic N) is 6. The number of rotatable bonds is 3. The molecule has 5 aromatic rings. The number of likely N-dealkylation sites (N-methyl/N-ethyl adjacent to an activating group) is 1. The van der Waals surface area contributed by atoms with E-state index in [1.165, 1.54) is 5.69 Å². The number of fused-ring (bicyclic) bond motifs is 2. The van der Waals surface area contributed by atoms with Crippen molar-refractivity contribution in [2.45, 2.75) is 26.2 Å². The van der Waals surface area contributed by atoms with Crippen molar-refractivity contribution in [3.8, 4) is 22.5 Å². The second kappa shape index (κ2) is 8.16. The Hall–Kier alpha value is -3.78. The summed E-state index contributed by atoms with van der Waals surface area (Å²) in [4.78, 5) is 19.0. The number of hydrogen-bond acceptors (Lipinski definition) is 7. The zero-order valence-corrected chi connectivity index (χ0v) is 20.5. The van der Waals surface area contributed by atoms with E-state index in [1.807, 2.05) is 12.1 Å². The molecule has 0 saturated carbocycles. The fraction of sp³-hybridized carbons (Fsp3) is 0.333. The van der Waals surface area contributed by atoms with Gasteiger partial charge in [0.2, 0.25) is 5.89 Å². The fourth-order valence-electron chi connectivity index (χ4n) is 4.51. The molecule has 4 aromatic heterocycles. The van der Waals surface area contributed by atoms with Crippen LogP contribution in [0.4, 0.5) is 5.69 Å². The first kappa shape index (κ1) is 21.7. The summed E-state index contributed by atoms with van der Waals surface area (Å²) in [5.74, 6) is 0.687. The van der Waals surface area contributed by atoms with Gasteiger partial charge in [-0.3, -0.25) is 10.1 Å². The molecule has 1 aliphatic heterocycles. The minimum Gasteiger partial charge on any atom is -0.438 e. The van der Waals surface area contributed by atoms with Crippen LogP contribution < -0.4 is 4.90 Å². The van der Waals surface area contributed by atoms with Crippen LogP contribution in [0.2, 0.25) is 0 Å². The van der Waals surface area contributed by atoms with Crippen molar-refractivity contribution in [1.82, 2.24) is 30.0 Å². The number of anilines is 1. The van der Waals surface area contributed by atoms with Crippen LogP contribution in [0.25, 0.3) is 44.6 Å². The third-order valence-electron chi connectivity index (χ3n) is 6.64. The number of piperazine rings is 1. The van der Waals surface area contributed by atoms with Gasteiger partial charge >= 0.3 is 0 Å². The highest BCUT2D eigenvalue weighted by Gasteiger charge is 2.23. The number of aromatic nitrogens is 5. The number of pyridine rings is 2. The number of hydrogen-bond donors (Lipinski definition) is 1.